The summed E-state index contributed by atoms with van der Waals surface area (Å²) in [6, 6.07) is 1.50. The Bertz CT molecular complexity index is 507. The summed E-state index contributed by atoms with van der Waals surface area (Å²) in [5.74, 6) is -1.67. The van der Waals surface area contributed by atoms with Crippen molar-refractivity contribution in [1.29, 1.82) is 0 Å². The van der Waals surface area contributed by atoms with Gasteiger partial charge in [-0.15, -0.1) is 11.3 Å². The molecule has 0 aromatic carbocycles. The Morgan fingerprint density at radius 1 is 1.61 bits per heavy atom. The number of aliphatic carboxylic acids is 1. The number of aliphatic hydroxyl groups excluding tert-OH is 2. The monoisotopic (exact) mass is 269 g/mol. The average Bonchev–Trinajstić information content (AvgIpc) is 2.71. The first-order chi connectivity index (χ1) is 8.40. The van der Waals surface area contributed by atoms with Gasteiger partial charge in [0.25, 0.3) is 0 Å². The second kappa shape index (κ2) is 4.47. The highest BCUT2D eigenvalue weighted by Gasteiger charge is 2.45. The summed E-state index contributed by atoms with van der Waals surface area (Å²) in [6.45, 7) is 1.80. The van der Waals surface area contributed by atoms with E-state index in [-0.39, 0.29) is 10.4 Å². The molecule has 0 amide bonds. The molecule has 0 saturated heterocycles. The Balaban J connectivity index is 2.59. The van der Waals surface area contributed by atoms with Crippen LogP contribution < -0.4 is 5.11 Å². The summed E-state index contributed by atoms with van der Waals surface area (Å²) in [5.41, 5.74) is -2.14. The standard InChI is InChI=1S/C12H14O5S/c1-2-3-6-4-7-10(18-6)9(14)8(13)5-12(7,17)11(15)16/h2-4,8-9,13-14,17H,5H2,1H3,(H,15,16)/p-1/b3-2+/t8-,9+,12-/m1/s1. The second-order valence-electron chi connectivity index (χ2n) is 4.29. The molecule has 2 rings (SSSR count). The van der Waals surface area contributed by atoms with Gasteiger partial charge in [0.05, 0.1) is 12.1 Å². The van der Waals surface area contributed by atoms with Gasteiger partial charge in [0.2, 0.25) is 0 Å². The van der Waals surface area contributed by atoms with Crippen molar-refractivity contribution in [3.8, 4) is 0 Å². The van der Waals surface area contributed by atoms with Crippen LogP contribution in [0.1, 0.15) is 34.8 Å². The number of aliphatic hydroxyl groups is 3. The minimum Gasteiger partial charge on any atom is -0.547 e. The number of rotatable bonds is 2. The lowest BCUT2D eigenvalue weighted by Crippen LogP contribution is -2.51. The fourth-order valence-corrected chi connectivity index (χ4v) is 3.36. The van der Waals surface area contributed by atoms with Crippen LogP contribution in [0.25, 0.3) is 6.08 Å². The molecule has 1 aliphatic rings. The maximum absolute atomic E-state index is 11.1. The van der Waals surface area contributed by atoms with Gasteiger partial charge >= 0.3 is 0 Å². The number of carbonyl (C=O) groups excluding carboxylic acids is 1. The van der Waals surface area contributed by atoms with Crippen molar-refractivity contribution in [2.24, 2.45) is 0 Å². The van der Waals surface area contributed by atoms with Crippen molar-refractivity contribution in [3.63, 3.8) is 0 Å². The maximum atomic E-state index is 11.1. The first-order valence-electron chi connectivity index (χ1n) is 5.47. The smallest absolute Gasteiger partial charge is 0.133 e. The van der Waals surface area contributed by atoms with Gasteiger partial charge in [0.15, 0.2) is 0 Å². The minimum atomic E-state index is -2.25. The molecule has 1 aromatic rings. The van der Waals surface area contributed by atoms with E-state index in [2.05, 4.69) is 0 Å². The van der Waals surface area contributed by atoms with Crippen molar-refractivity contribution in [2.75, 3.05) is 0 Å². The van der Waals surface area contributed by atoms with Crippen molar-refractivity contribution in [3.05, 3.63) is 27.5 Å². The van der Waals surface area contributed by atoms with Crippen LogP contribution in [0.15, 0.2) is 12.1 Å². The third-order valence-corrected chi connectivity index (χ3v) is 4.20. The fourth-order valence-electron chi connectivity index (χ4n) is 2.11. The number of thiophene rings is 1. The molecule has 0 radical (unpaired) electrons. The van der Waals surface area contributed by atoms with E-state index in [1.165, 1.54) is 6.07 Å². The Labute approximate surface area is 108 Å². The molecule has 0 saturated carbocycles. The molecule has 0 fully saturated rings. The van der Waals surface area contributed by atoms with Gasteiger partial charge in [0, 0.05) is 21.7 Å². The van der Waals surface area contributed by atoms with Crippen LogP contribution in [-0.4, -0.2) is 27.4 Å². The van der Waals surface area contributed by atoms with Gasteiger partial charge in [-0.1, -0.05) is 6.08 Å². The van der Waals surface area contributed by atoms with E-state index in [1.54, 1.807) is 19.1 Å². The topological polar surface area (TPSA) is 101 Å². The second-order valence-corrected chi connectivity index (χ2v) is 5.41. The molecule has 18 heavy (non-hydrogen) atoms. The Morgan fingerprint density at radius 2 is 2.28 bits per heavy atom. The van der Waals surface area contributed by atoms with E-state index in [9.17, 15) is 25.2 Å². The average molecular weight is 269 g/mol. The number of fused-ring (bicyclic) bond motifs is 1. The van der Waals surface area contributed by atoms with Gasteiger partial charge in [-0.25, -0.2) is 0 Å². The lowest BCUT2D eigenvalue weighted by Gasteiger charge is -2.37. The van der Waals surface area contributed by atoms with Gasteiger partial charge < -0.3 is 25.2 Å². The summed E-state index contributed by atoms with van der Waals surface area (Å²) in [7, 11) is 0. The lowest BCUT2D eigenvalue weighted by atomic mass is 9.80. The van der Waals surface area contributed by atoms with Crippen LogP contribution in [0, 0.1) is 0 Å². The van der Waals surface area contributed by atoms with Crippen LogP contribution in [0.2, 0.25) is 0 Å². The first kappa shape index (κ1) is 13.2. The lowest BCUT2D eigenvalue weighted by molar-refractivity contribution is -0.329. The van der Waals surface area contributed by atoms with E-state index in [1.807, 2.05) is 0 Å². The van der Waals surface area contributed by atoms with E-state index in [4.69, 9.17) is 0 Å². The van der Waals surface area contributed by atoms with Gasteiger partial charge in [0.1, 0.15) is 11.7 Å². The molecule has 1 aliphatic carbocycles. The predicted molar refractivity (Wildman–Crippen MR) is 63.5 cm³/mol. The quantitative estimate of drug-likeness (QED) is 0.673. The van der Waals surface area contributed by atoms with Crippen LogP contribution in [-0.2, 0) is 10.4 Å². The molecule has 3 N–H and O–H groups in total. The van der Waals surface area contributed by atoms with E-state index >= 15 is 0 Å². The molecule has 1 aromatic heterocycles. The number of carboxylic acids is 1. The molecule has 3 atom stereocenters. The number of hydrogen-bond donors (Lipinski definition) is 3. The molecule has 5 nitrogen and oxygen atoms in total. The zero-order valence-electron chi connectivity index (χ0n) is 9.66. The number of carboxylic acid groups (broad SMARTS) is 1. The fraction of sp³-hybridized carbons (Fsp3) is 0.417. The third-order valence-electron chi connectivity index (χ3n) is 3.03. The van der Waals surface area contributed by atoms with Gasteiger partial charge in [-0.3, -0.25) is 0 Å². The highest BCUT2D eigenvalue weighted by molar-refractivity contribution is 7.13. The van der Waals surface area contributed by atoms with Crippen molar-refractivity contribution < 1.29 is 25.2 Å². The molecule has 0 unspecified atom stereocenters. The highest BCUT2D eigenvalue weighted by atomic mass is 32.1. The Hall–Kier alpha value is -1.21. The van der Waals surface area contributed by atoms with E-state index < -0.39 is 30.2 Å². The molecule has 0 bridgehead atoms. The largest absolute Gasteiger partial charge is 0.547 e. The minimum absolute atomic E-state index is 0.110. The maximum Gasteiger partial charge on any atom is 0.133 e. The first-order valence-corrected chi connectivity index (χ1v) is 6.28. The van der Waals surface area contributed by atoms with E-state index in [0.29, 0.717) is 4.88 Å². The molecule has 6 heteroatoms. The van der Waals surface area contributed by atoms with E-state index in [0.717, 1.165) is 11.3 Å². The number of hydrogen-bond acceptors (Lipinski definition) is 6. The summed E-state index contributed by atoms with van der Waals surface area (Å²) in [6.07, 6.45) is 0.520. The van der Waals surface area contributed by atoms with Crippen molar-refractivity contribution in [2.45, 2.75) is 31.2 Å². The SMILES string of the molecule is C/C=C/c1cc2c(s1)[C@@H](O)[C@H](O)C[C@]2(O)C(=O)[O-]. The molecule has 98 valence electrons. The van der Waals surface area contributed by atoms with Crippen LogP contribution in [0.4, 0.5) is 0 Å². The molecular formula is C12H13O5S-. The normalized spacial score (nSPS) is 31.6. The van der Waals surface area contributed by atoms with Crippen molar-refractivity contribution in [1.82, 2.24) is 0 Å². The number of allylic oxidation sites excluding steroid dienone is 1. The predicted octanol–water partition coefficient (Wildman–Crippen LogP) is -0.483. The zero-order valence-corrected chi connectivity index (χ0v) is 10.5. The Morgan fingerprint density at radius 3 is 2.83 bits per heavy atom. The van der Waals surface area contributed by atoms with Crippen LogP contribution in [0.3, 0.4) is 0 Å². The van der Waals surface area contributed by atoms with Gasteiger partial charge in [-0.05, 0) is 19.1 Å². The van der Waals surface area contributed by atoms with Gasteiger partial charge in [-0.2, -0.15) is 0 Å². The Kier molecular flexibility index (Phi) is 3.29. The third kappa shape index (κ3) is 1.87. The molecule has 0 aliphatic heterocycles. The summed E-state index contributed by atoms with van der Waals surface area (Å²) in [5, 5.41) is 40.7. The highest BCUT2D eigenvalue weighted by Crippen LogP contribution is 2.44. The summed E-state index contributed by atoms with van der Waals surface area (Å²) >= 11 is 1.14. The summed E-state index contributed by atoms with van der Waals surface area (Å²) in [4.78, 5) is 12.1. The number of carbonyl (C=O) groups is 1. The zero-order chi connectivity index (χ0) is 13.5. The summed E-state index contributed by atoms with van der Waals surface area (Å²) < 4.78 is 0. The molecular weight excluding hydrogens is 256 g/mol. The van der Waals surface area contributed by atoms with Crippen LogP contribution in [0.5, 0.6) is 0 Å². The molecule has 1 heterocycles. The van der Waals surface area contributed by atoms with Crippen LogP contribution >= 0.6 is 11.3 Å². The molecule has 0 spiro atoms. The van der Waals surface area contributed by atoms with Crippen molar-refractivity contribution >= 4 is 23.4 Å².